The van der Waals surface area contributed by atoms with Crippen molar-refractivity contribution in [3.05, 3.63) is 18.2 Å². The molecule has 1 aromatic heterocycles. The van der Waals surface area contributed by atoms with E-state index in [9.17, 15) is 0 Å². The van der Waals surface area contributed by atoms with Crippen molar-refractivity contribution in [2.45, 2.75) is 32.7 Å². The van der Waals surface area contributed by atoms with Gasteiger partial charge >= 0.3 is 0 Å². The highest BCUT2D eigenvalue weighted by atomic mass is 15.1. The first-order chi connectivity index (χ1) is 7.33. The quantitative estimate of drug-likeness (QED) is 0.776. The van der Waals surface area contributed by atoms with Gasteiger partial charge in [0.1, 0.15) is 11.6 Å². The molecule has 2 rings (SSSR count). The predicted octanol–water partition coefficient (Wildman–Crippen LogP) is 2.72. The minimum absolute atomic E-state index is 0.652. The van der Waals surface area contributed by atoms with E-state index in [4.69, 9.17) is 0 Å². The summed E-state index contributed by atoms with van der Waals surface area (Å²) in [5.74, 6) is 2.81. The molecule has 82 valence electrons. The fourth-order valence-corrected chi connectivity index (χ4v) is 1.86. The lowest BCUT2D eigenvalue weighted by atomic mass is 10.3. The van der Waals surface area contributed by atoms with E-state index in [0.717, 1.165) is 24.1 Å². The number of anilines is 2. The lowest BCUT2D eigenvalue weighted by Gasteiger charge is -2.07. The Kier molecular flexibility index (Phi) is 3.09. The van der Waals surface area contributed by atoms with Gasteiger partial charge in [-0.25, -0.2) is 4.98 Å². The molecule has 0 radical (unpaired) electrons. The van der Waals surface area contributed by atoms with Crippen LogP contribution in [-0.4, -0.2) is 17.6 Å². The number of rotatable bonds is 5. The molecule has 2 atom stereocenters. The van der Waals surface area contributed by atoms with Crippen molar-refractivity contribution < 1.29 is 0 Å². The second-order valence-corrected chi connectivity index (χ2v) is 4.09. The smallest absolute Gasteiger partial charge is 0.128 e. The van der Waals surface area contributed by atoms with Crippen LogP contribution in [0.25, 0.3) is 0 Å². The first-order valence-electron chi connectivity index (χ1n) is 5.81. The topological polar surface area (TPSA) is 37.0 Å². The maximum Gasteiger partial charge on any atom is 0.128 e. The molecule has 15 heavy (non-hydrogen) atoms. The molecule has 1 aromatic rings. The van der Waals surface area contributed by atoms with Crippen LogP contribution in [0.4, 0.5) is 11.6 Å². The second-order valence-electron chi connectivity index (χ2n) is 4.09. The third kappa shape index (κ3) is 2.61. The monoisotopic (exact) mass is 205 g/mol. The summed E-state index contributed by atoms with van der Waals surface area (Å²) in [5.41, 5.74) is 0. The van der Waals surface area contributed by atoms with Crippen molar-refractivity contribution in [2.24, 2.45) is 5.92 Å². The van der Waals surface area contributed by atoms with E-state index in [2.05, 4.69) is 29.5 Å². The molecule has 2 unspecified atom stereocenters. The van der Waals surface area contributed by atoms with Gasteiger partial charge in [-0.15, -0.1) is 0 Å². The maximum absolute atomic E-state index is 4.49. The Morgan fingerprint density at radius 3 is 2.80 bits per heavy atom. The Morgan fingerprint density at radius 2 is 2.13 bits per heavy atom. The second kappa shape index (κ2) is 4.51. The lowest BCUT2D eigenvalue weighted by Crippen LogP contribution is -2.07. The minimum Gasteiger partial charge on any atom is -0.370 e. The molecule has 0 amide bonds. The Hall–Kier alpha value is -1.25. The zero-order valence-corrected chi connectivity index (χ0v) is 9.46. The number of nitrogens with zero attached hydrogens (tertiary/aromatic N) is 1. The molecule has 1 aliphatic carbocycles. The summed E-state index contributed by atoms with van der Waals surface area (Å²) < 4.78 is 0. The van der Waals surface area contributed by atoms with Crippen LogP contribution >= 0.6 is 0 Å². The van der Waals surface area contributed by atoms with Crippen LogP contribution in [0.15, 0.2) is 18.2 Å². The van der Waals surface area contributed by atoms with Crippen LogP contribution in [0.2, 0.25) is 0 Å². The molecule has 0 bridgehead atoms. The van der Waals surface area contributed by atoms with Crippen molar-refractivity contribution in [1.82, 2.24) is 4.98 Å². The van der Waals surface area contributed by atoms with Crippen molar-refractivity contribution >= 4 is 11.6 Å². The van der Waals surface area contributed by atoms with E-state index >= 15 is 0 Å². The molecule has 2 N–H and O–H groups in total. The first-order valence-corrected chi connectivity index (χ1v) is 5.81. The maximum atomic E-state index is 4.49. The van der Waals surface area contributed by atoms with Gasteiger partial charge in [0.2, 0.25) is 0 Å². The minimum atomic E-state index is 0.652. The number of nitrogens with one attached hydrogen (secondary N) is 2. The molecule has 0 aromatic carbocycles. The fraction of sp³-hybridized carbons (Fsp3) is 0.583. The molecule has 0 saturated heterocycles. The Morgan fingerprint density at radius 1 is 1.33 bits per heavy atom. The molecule has 1 aliphatic rings. The first kappa shape index (κ1) is 10.3. The summed E-state index contributed by atoms with van der Waals surface area (Å²) in [5, 5.41) is 6.68. The number of hydrogen-bond donors (Lipinski definition) is 2. The van der Waals surface area contributed by atoms with E-state index in [1.54, 1.807) is 0 Å². The highest BCUT2D eigenvalue weighted by Crippen LogP contribution is 2.35. The highest BCUT2D eigenvalue weighted by molar-refractivity contribution is 5.46. The Bertz CT molecular complexity index is 324. The molecular weight excluding hydrogens is 186 g/mol. The highest BCUT2D eigenvalue weighted by Gasteiger charge is 2.35. The van der Waals surface area contributed by atoms with Gasteiger partial charge < -0.3 is 10.6 Å². The van der Waals surface area contributed by atoms with Crippen molar-refractivity contribution in [1.29, 1.82) is 0 Å². The van der Waals surface area contributed by atoms with Crippen LogP contribution < -0.4 is 10.6 Å². The van der Waals surface area contributed by atoms with Gasteiger partial charge in [0.05, 0.1) is 0 Å². The zero-order valence-electron chi connectivity index (χ0n) is 9.46. The summed E-state index contributed by atoms with van der Waals surface area (Å²) in [6, 6.07) is 6.72. The molecular formula is C12H19N3. The van der Waals surface area contributed by atoms with E-state index in [-0.39, 0.29) is 0 Å². The largest absolute Gasteiger partial charge is 0.370 e. The van der Waals surface area contributed by atoms with Crippen LogP contribution in [0.5, 0.6) is 0 Å². The van der Waals surface area contributed by atoms with Crippen LogP contribution in [0.3, 0.4) is 0 Å². The Labute approximate surface area is 91.3 Å². The summed E-state index contributed by atoms with van der Waals surface area (Å²) in [7, 11) is 0. The summed E-state index contributed by atoms with van der Waals surface area (Å²) in [4.78, 5) is 4.49. The van der Waals surface area contributed by atoms with E-state index in [1.165, 1.54) is 12.8 Å². The van der Waals surface area contributed by atoms with Gasteiger partial charge in [-0.2, -0.15) is 0 Å². The molecule has 3 nitrogen and oxygen atoms in total. The molecule has 1 fully saturated rings. The Balaban J connectivity index is 1.93. The van der Waals surface area contributed by atoms with Crippen LogP contribution in [0, 0.1) is 5.92 Å². The van der Waals surface area contributed by atoms with Gasteiger partial charge in [0, 0.05) is 12.6 Å². The normalized spacial score (nSPS) is 23.6. The fourth-order valence-electron chi connectivity index (χ4n) is 1.86. The molecule has 0 aliphatic heterocycles. The lowest BCUT2D eigenvalue weighted by molar-refractivity contribution is 0.773. The number of aromatic nitrogens is 1. The van der Waals surface area contributed by atoms with Crippen molar-refractivity contribution in [2.75, 3.05) is 17.2 Å². The van der Waals surface area contributed by atoms with Gasteiger partial charge in [-0.3, -0.25) is 0 Å². The third-order valence-electron chi connectivity index (χ3n) is 2.89. The third-order valence-corrected chi connectivity index (χ3v) is 2.89. The van der Waals surface area contributed by atoms with Gasteiger partial charge in [0.25, 0.3) is 0 Å². The van der Waals surface area contributed by atoms with E-state index in [0.29, 0.717) is 6.04 Å². The summed E-state index contributed by atoms with van der Waals surface area (Å²) in [6.07, 6.45) is 2.56. The molecule has 3 heteroatoms. The average molecular weight is 205 g/mol. The molecule has 1 saturated carbocycles. The molecule has 0 spiro atoms. The molecule has 1 heterocycles. The summed E-state index contributed by atoms with van der Waals surface area (Å²) >= 11 is 0. The van der Waals surface area contributed by atoms with Crippen molar-refractivity contribution in [3.8, 4) is 0 Å². The van der Waals surface area contributed by atoms with Gasteiger partial charge in [-0.1, -0.05) is 19.4 Å². The average Bonchev–Trinajstić information content (AvgIpc) is 2.97. The zero-order chi connectivity index (χ0) is 10.7. The van der Waals surface area contributed by atoms with Gasteiger partial charge in [0.15, 0.2) is 0 Å². The van der Waals surface area contributed by atoms with Crippen molar-refractivity contribution in [3.63, 3.8) is 0 Å². The van der Waals surface area contributed by atoms with Gasteiger partial charge in [-0.05, 0) is 31.4 Å². The predicted molar refractivity (Wildman–Crippen MR) is 64.2 cm³/mol. The number of hydrogen-bond acceptors (Lipinski definition) is 3. The van der Waals surface area contributed by atoms with E-state index in [1.807, 2.05) is 18.2 Å². The van der Waals surface area contributed by atoms with E-state index < -0.39 is 0 Å². The SMILES string of the molecule is CCNc1cccc(NC2CC2CC)n1. The van der Waals surface area contributed by atoms with Crippen LogP contribution in [-0.2, 0) is 0 Å². The number of pyridine rings is 1. The summed E-state index contributed by atoms with van der Waals surface area (Å²) in [6.45, 7) is 5.24. The van der Waals surface area contributed by atoms with Crippen LogP contribution in [0.1, 0.15) is 26.7 Å². The standard InChI is InChI=1S/C12H19N3/c1-3-9-8-10(9)14-12-7-5-6-11(15-12)13-4-2/h5-7,9-10H,3-4,8H2,1-2H3,(H2,13,14,15).